The number of aromatic nitrogens is 6. The van der Waals surface area contributed by atoms with E-state index in [1.165, 1.54) is 18.7 Å². The van der Waals surface area contributed by atoms with Crippen molar-refractivity contribution in [3.63, 3.8) is 0 Å². The fourth-order valence-electron chi connectivity index (χ4n) is 1.65. The number of halogens is 3. The van der Waals surface area contributed by atoms with E-state index in [0.717, 1.165) is 28.5 Å². The molecule has 2 N–H and O–H groups in total. The van der Waals surface area contributed by atoms with E-state index in [-0.39, 0.29) is 4.88 Å². The second-order valence-electron chi connectivity index (χ2n) is 4.57. The Morgan fingerprint density at radius 2 is 1.81 bits per heavy atom. The number of hydrogen-bond donors (Lipinski definition) is 2. The summed E-state index contributed by atoms with van der Waals surface area (Å²) in [5.41, 5.74) is 0. The average Bonchev–Trinajstić information content (AvgIpc) is 3.36. The molecule has 0 bridgehead atoms. The molecular formula is C12H8F3InN6O2S3. The molecule has 3 rings (SSSR count). The predicted molar refractivity (Wildman–Crippen MR) is 94.1 cm³/mol. The Kier molecular flexibility index (Phi) is 6.88. The molecule has 0 amide bonds. The Morgan fingerprint density at radius 3 is 2.26 bits per heavy atom. The Morgan fingerprint density at radius 1 is 1.19 bits per heavy atom. The monoisotopic (exact) mass is 536 g/mol. The van der Waals surface area contributed by atoms with Crippen LogP contribution < -0.4 is 0 Å². The van der Waals surface area contributed by atoms with E-state index in [2.05, 4.69) is 30.4 Å². The van der Waals surface area contributed by atoms with Crippen LogP contribution in [0.5, 0.6) is 0 Å². The molecular weight excluding hydrogens is 528 g/mol. The number of carbonyl (C=O) groups is 1. The van der Waals surface area contributed by atoms with Gasteiger partial charge in [-0.1, -0.05) is 0 Å². The van der Waals surface area contributed by atoms with Gasteiger partial charge in [0.1, 0.15) is 0 Å². The van der Waals surface area contributed by atoms with Crippen LogP contribution in [0.25, 0.3) is 0 Å². The van der Waals surface area contributed by atoms with Crippen molar-refractivity contribution >= 4 is 53.3 Å². The van der Waals surface area contributed by atoms with Crippen LogP contribution in [0.1, 0.15) is 9.67 Å². The van der Waals surface area contributed by atoms with E-state index in [9.17, 15) is 18.0 Å². The zero-order chi connectivity index (χ0) is 19.3. The van der Waals surface area contributed by atoms with Gasteiger partial charge in [0.15, 0.2) is 0 Å². The number of alkyl halides is 3. The molecule has 0 atom stereocenters. The summed E-state index contributed by atoms with van der Waals surface area (Å²) in [6.45, 7) is 0. The van der Waals surface area contributed by atoms with Crippen LogP contribution >= 0.6 is 28.5 Å². The molecule has 0 aliphatic heterocycles. The number of aromatic amines is 2. The second-order valence-corrected chi connectivity index (χ2v) is 20.9. The van der Waals surface area contributed by atoms with Crippen LogP contribution in [-0.4, -0.2) is 61.3 Å². The number of allylic oxidation sites excluding steroid dienone is 2. The summed E-state index contributed by atoms with van der Waals surface area (Å²) >= 11 is -2.56. The van der Waals surface area contributed by atoms with E-state index in [1.807, 2.05) is 0 Å². The van der Waals surface area contributed by atoms with Gasteiger partial charge in [-0.3, -0.25) is 0 Å². The van der Waals surface area contributed by atoms with Gasteiger partial charge in [-0.25, -0.2) is 0 Å². The summed E-state index contributed by atoms with van der Waals surface area (Å²) in [5, 5.41) is 14.7. The third-order valence-electron chi connectivity index (χ3n) is 2.73. The third-order valence-corrected chi connectivity index (χ3v) is 18.4. The zero-order valence-electron chi connectivity index (χ0n) is 13.0. The maximum absolute atomic E-state index is 13.4. The van der Waals surface area contributed by atoms with E-state index in [0.29, 0.717) is 16.4 Å². The molecule has 0 spiro atoms. The molecule has 0 unspecified atom stereocenters. The van der Waals surface area contributed by atoms with Crippen molar-refractivity contribution < 1.29 is 20.8 Å². The molecule has 0 saturated heterocycles. The predicted octanol–water partition coefficient (Wildman–Crippen LogP) is 3.20. The van der Waals surface area contributed by atoms with Gasteiger partial charge in [0, 0.05) is 0 Å². The molecule has 0 aliphatic rings. The van der Waals surface area contributed by atoms with Gasteiger partial charge in [0.25, 0.3) is 0 Å². The molecule has 3 aromatic rings. The van der Waals surface area contributed by atoms with Gasteiger partial charge in [-0.05, 0) is 0 Å². The van der Waals surface area contributed by atoms with Gasteiger partial charge in [0.2, 0.25) is 0 Å². The first-order valence-corrected chi connectivity index (χ1v) is 19.0. The van der Waals surface area contributed by atoms with Crippen molar-refractivity contribution in [2.75, 3.05) is 0 Å². The second kappa shape index (κ2) is 9.16. The van der Waals surface area contributed by atoms with Crippen molar-refractivity contribution in [2.24, 2.45) is 0 Å². The van der Waals surface area contributed by atoms with E-state index < -0.39 is 36.7 Å². The van der Waals surface area contributed by atoms with Crippen molar-refractivity contribution in [3.8, 4) is 0 Å². The zero-order valence-corrected chi connectivity index (χ0v) is 18.8. The van der Waals surface area contributed by atoms with E-state index in [4.69, 9.17) is 2.85 Å². The quantitative estimate of drug-likeness (QED) is 0.257. The Bertz CT molecular complexity index is 850. The molecule has 3 heterocycles. The molecule has 0 aliphatic carbocycles. The fourth-order valence-corrected chi connectivity index (χ4v) is 16.7. The normalized spacial score (nSPS) is 12.2. The van der Waals surface area contributed by atoms with Crippen LogP contribution in [0, 0.1) is 0 Å². The van der Waals surface area contributed by atoms with Gasteiger partial charge >= 0.3 is 168 Å². The molecule has 3 aromatic heterocycles. The molecule has 15 heteroatoms. The van der Waals surface area contributed by atoms with Crippen molar-refractivity contribution in [1.29, 1.82) is 0 Å². The number of thiophene rings is 1. The first kappa shape index (κ1) is 20.3. The molecule has 0 fully saturated rings. The molecule has 0 aromatic carbocycles. The SMILES string of the molecule is O=C(/C=C(\[O][In]([S]c1ncn[nH]1)[S]c1ncn[nH]1)C(F)(F)F)c1cccs1. The van der Waals surface area contributed by atoms with E-state index >= 15 is 0 Å². The van der Waals surface area contributed by atoms with Crippen molar-refractivity contribution in [2.45, 2.75) is 16.5 Å². The number of nitrogens with zero attached hydrogens (tertiary/aromatic N) is 4. The number of ketones is 1. The van der Waals surface area contributed by atoms with Crippen molar-refractivity contribution in [3.05, 3.63) is 46.9 Å². The minimum atomic E-state index is -4.81. The summed E-state index contributed by atoms with van der Waals surface area (Å²) < 4.78 is 45.6. The number of H-pyrrole nitrogens is 2. The Hall–Kier alpha value is -1.45. The fraction of sp³-hybridized carbons (Fsp3) is 0.0833. The van der Waals surface area contributed by atoms with Gasteiger partial charge < -0.3 is 0 Å². The standard InChI is InChI=1S/C8H5F3O2S.2C2H3N3S.In/c9-8(10,11)7(13)4-5(12)6-2-1-3-14-6;2*6-2-3-1-4-5-2;/h1-4,13H;2*1H,(H2,3,4,5,6);/q;;;+3/p-3/b7-4-;;;. The third kappa shape index (κ3) is 6.02. The van der Waals surface area contributed by atoms with Crippen LogP contribution in [0.15, 0.2) is 52.3 Å². The summed E-state index contributed by atoms with van der Waals surface area (Å²) in [6.07, 6.45) is -1.85. The Balaban J connectivity index is 1.83. The van der Waals surface area contributed by atoms with Crippen LogP contribution in [0.2, 0.25) is 0 Å². The average molecular weight is 536 g/mol. The molecule has 140 valence electrons. The number of hydrogen-bond acceptors (Lipinski definition) is 9. The maximum atomic E-state index is 13.4. The molecule has 0 radical (unpaired) electrons. The van der Waals surface area contributed by atoms with Crippen LogP contribution in [-0.2, 0) is 2.85 Å². The molecule has 0 saturated carbocycles. The number of nitrogens with one attached hydrogen (secondary N) is 2. The Labute approximate surface area is 167 Å². The van der Waals surface area contributed by atoms with Gasteiger partial charge in [-0.2, -0.15) is 0 Å². The molecule has 27 heavy (non-hydrogen) atoms. The molecule has 8 nitrogen and oxygen atoms in total. The first-order chi connectivity index (χ1) is 12.9. The van der Waals surface area contributed by atoms with Gasteiger partial charge in [-0.15, -0.1) is 0 Å². The minimum absolute atomic E-state index is 0.192. The number of rotatable bonds is 8. The topological polar surface area (TPSA) is 109 Å². The first-order valence-electron chi connectivity index (χ1n) is 6.99. The summed E-state index contributed by atoms with van der Waals surface area (Å²) in [7, 11) is 2.09. The van der Waals surface area contributed by atoms with E-state index in [1.54, 1.807) is 11.4 Å². The van der Waals surface area contributed by atoms with Crippen molar-refractivity contribution in [1.82, 2.24) is 30.4 Å². The van der Waals surface area contributed by atoms with Crippen LogP contribution in [0.3, 0.4) is 0 Å². The van der Waals surface area contributed by atoms with Gasteiger partial charge in [0.05, 0.1) is 0 Å². The summed E-state index contributed by atoms with van der Waals surface area (Å²) in [6, 6.07) is 3.03. The number of carbonyl (C=O) groups excluding carboxylic acids is 1. The van der Waals surface area contributed by atoms with Crippen LogP contribution in [0.4, 0.5) is 13.2 Å². The summed E-state index contributed by atoms with van der Waals surface area (Å²) in [4.78, 5) is 20.1. The summed E-state index contributed by atoms with van der Waals surface area (Å²) in [5.74, 6) is -2.10.